The predicted molar refractivity (Wildman–Crippen MR) is 118 cm³/mol. The van der Waals surface area contributed by atoms with Gasteiger partial charge in [-0.15, -0.1) is 17.9 Å². The highest BCUT2D eigenvalue weighted by Crippen LogP contribution is 2.34. The van der Waals surface area contributed by atoms with Gasteiger partial charge in [0, 0.05) is 24.6 Å². The standard InChI is InChI=1S/C21H27N3O3S2/c1-2-10-24-20(26)18-15-8-4-3-5-9-16(15)29-19(18)23-21(24)28-13-17(25)22-12-14-7-6-11-27-14/h2,14H,1,3-13H2,(H,22,25). The van der Waals surface area contributed by atoms with Crippen LogP contribution in [0, 0.1) is 0 Å². The molecule has 4 rings (SSSR count). The van der Waals surface area contributed by atoms with E-state index in [0.29, 0.717) is 18.2 Å². The number of allylic oxidation sites excluding steroid dienone is 1. The normalized spacial score (nSPS) is 19.1. The summed E-state index contributed by atoms with van der Waals surface area (Å²) in [4.78, 5) is 32.5. The van der Waals surface area contributed by atoms with Crippen molar-refractivity contribution in [3.05, 3.63) is 33.4 Å². The van der Waals surface area contributed by atoms with Gasteiger partial charge in [0.1, 0.15) is 4.83 Å². The molecule has 1 aliphatic carbocycles. The van der Waals surface area contributed by atoms with Crippen LogP contribution in [0.3, 0.4) is 0 Å². The van der Waals surface area contributed by atoms with Crippen LogP contribution >= 0.6 is 23.1 Å². The van der Waals surface area contributed by atoms with Gasteiger partial charge < -0.3 is 10.1 Å². The molecule has 1 fully saturated rings. The fourth-order valence-corrected chi connectivity index (χ4v) is 6.15. The van der Waals surface area contributed by atoms with Crippen LogP contribution in [-0.4, -0.2) is 40.5 Å². The smallest absolute Gasteiger partial charge is 0.263 e. The molecule has 2 aromatic heterocycles. The zero-order chi connectivity index (χ0) is 20.2. The van der Waals surface area contributed by atoms with Crippen molar-refractivity contribution in [3.63, 3.8) is 0 Å². The summed E-state index contributed by atoms with van der Waals surface area (Å²) in [6.07, 6.45) is 9.39. The van der Waals surface area contributed by atoms with Gasteiger partial charge in [-0.3, -0.25) is 14.2 Å². The van der Waals surface area contributed by atoms with E-state index >= 15 is 0 Å². The molecule has 2 aromatic rings. The van der Waals surface area contributed by atoms with E-state index in [0.717, 1.165) is 48.9 Å². The van der Waals surface area contributed by atoms with Crippen LogP contribution in [-0.2, 0) is 28.9 Å². The van der Waals surface area contributed by atoms with Gasteiger partial charge >= 0.3 is 0 Å². The third-order valence-corrected chi connectivity index (χ3v) is 7.65. The van der Waals surface area contributed by atoms with Gasteiger partial charge in [-0.25, -0.2) is 4.98 Å². The monoisotopic (exact) mass is 433 g/mol. The van der Waals surface area contributed by atoms with E-state index in [1.165, 1.54) is 35.0 Å². The third kappa shape index (κ3) is 4.59. The van der Waals surface area contributed by atoms with E-state index in [4.69, 9.17) is 9.72 Å². The number of carbonyl (C=O) groups excluding carboxylic acids is 1. The molecule has 0 spiro atoms. The zero-order valence-electron chi connectivity index (χ0n) is 16.6. The topological polar surface area (TPSA) is 73.2 Å². The molecule has 0 aromatic carbocycles. The number of amides is 1. The van der Waals surface area contributed by atoms with Crippen molar-refractivity contribution >= 4 is 39.2 Å². The van der Waals surface area contributed by atoms with Crippen LogP contribution in [0.4, 0.5) is 0 Å². The van der Waals surface area contributed by atoms with Crippen LogP contribution in [0.15, 0.2) is 22.6 Å². The molecule has 1 unspecified atom stereocenters. The van der Waals surface area contributed by atoms with Crippen molar-refractivity contribution < 1.29 is 9.53 Å². The maximum atomic E-state index is 13.3. The van der Waals surface area contributed by atoms with E-state index in [1.54, 1.807) is 22.0 Å². The van der Waals surface area contributed by atoms with E-state index in [9.17, 15) is 9.59 Å². The Hall–Kier alpha value is -1.64. The lowest BCUT2D eigenvalue weighted by atomic mass is 10.1. The molecule has 1 N–H and O–H groups in total. The minimum absolute atomic E-state index is 0.00318. The number of rotatable bonds is 7. The van der Waals surface area contributed by atoms with Gasteiger partial charge in [0.05, 0.1) is 17.2 Å². The van der Waals surface area contributed by atoms with Crippen LogP contribution in [0.5, 0.6) is 0 Å². The van der Waals surface area contributed by atoms with Crippen molar-refractivity contribution in [3.8, 4) is 0 Å². The van der Waals surface area contributed by atoms with Crippen molar-refractivity contribution in [2.24, 2.45) is 0 Å². The van der Waals surface area contributed by atoms with Crippen molar-refractivity contribution in [2.75, 3.05) is 18.9 Å². The molecule has 6 nitrogen and oxygen atoms in total. The molecule has 1 aliphatic heterocycles. The summed E-state index contributed by atoms with van der Waals surface area (Å²) in [5, 5.41) is 4.29. The number of thiophene rings is 1. The van der Waals surface area contributed by atoms with Crippen molar-refractivity contribution in [1.29, 1.82) is 0 Å². The molecule has 1 amide bonds. The van der Waals surface area contributed by atoms with Gasteiger partial charge in [0.2, 0.25) is 5.91 Å². The molecule has 0 saturated carbocycles. The molecule has 8 heteroatoms. The summed E-state index contributed by atoms with van der Waals surface area (Å²) in [7, 11) is 0. The van der Waals surface area contributed by atoms with Crippen LogP contribution in [0.25, 0.3) is 10.2 Å². The Bertz CT molecular complexity index is 960. The summed E-state index contributed by atoms with van der Waals surface area (Å²) in [6.45, 7) is 5.51. The largest absolute Gasteiger partial charge is 0.376 e. The average molecular weight is 434 g/mol. The number of aryl methyl sites for hydroxylation is 2. The van der Waals surface area contributed by atoms with Gasteiger partial charge in [0.15, 0.2) is 5.16 Å². The molecule has 0 bridgehead atoms. The van der Waals surface area contributed by atoms with Crippen LogP contribution in [0.1, 0.15) is 42.5 Å². The first-order valence-electron chi connectivity index (χ1n) is 10.3. The predicted octanol–water partition coefficient (Wildman–Crippen LogP) is 3.30. The number of hydrogen-bond donors (Lipinski definition) is 1. The summed E-state index contributed by atoms with van der Waals surface area (Å²) in [6, 6.07) is 0. The van der Waals surface area contributed by atoms with E-state index in [2.05, 4.69) is 11.9 Å². The second kappa shape index (κ2) is 9.45. The lowest BCUT2D eigenvalue weighted by Crippen LogP contribution is -2.33. The first kappa shape index (κ1) is 20.6. The van der Waals surface area contributed by atoms with E-state index < -0.39 is 0 Å². The average Bonchev–Trinajstić information content (AvgIpc) is 3.29. The van der Waals surface area contributed by atoms with Gasteiger partial charge in [0.25, 0.3) is 5.56 Å². The molecule has 29 heavy (non-hydrogen) atoms. The molecule has 0 radical (unpaired) electrons. The summed E-state index contributed by atoms with van der Waals surface area (Å²) in [5.41, 5.74) is 1.19. The molecule has 1 atom stereocenters. The molecule has 2 aliphatic rings. The van der Waals surface area contributed by atoms with Crippen LogP contribution in [0.2, 0.25) is 0 Å². The van der Waals surface area contributed by atoms with Crippen LogP contribution < -0.4 is 10.9 Å². The molecular weight excluding hydrogens is 406 g/mol. The first-order chi connectivity index (χ1) is 14.2. The Morgan fingerprint density at radius 3 is 3.00 bits per heavy atom. The zero-order valence-corrected chi connectivity index (χ0v) is 18.2. The lowest BCUT2D eigenvalue weighted by Gasteiger charge is -2.12. The lowest BCUT2D eigenvalue weighted by molar-refractivity contribution is -0.119. The fourth-order valence-electron chi connectivity index (χ4n) is 4.01. The highest BCUT2D eigenvalue weighted by Gasteiger charge is 2.22. The Balaban J connectivity index is 1.54. The number of fused-ring (bicyclic) bond motifs is 3. The Morgan fingerprint density at radius 1 is 1.34 bits per heavy atom. The maximum Gasteiger partial charge on any atom is 0.263 e. The van der Waals surface area contributed by atoms with Gasteiger partial charge in [-0.2, -0.15) is 0 Å². The number of nitrogens with zero attached hydrogens (tertiary/aromatic N) is 2. The maximum absolute atomic E-state index is 13.3. The number of carbonyl (C=O) groups is 1. The van der Waals surface area contributed by atoms with Gasteiger partial charge in [-0.05, 0) is 44.1 Å². The first-order valence-corrected chi connectivity index (χ1v) is 12.1. The SMILES string of the molecule is C=CCn1c(SCC(=O)NCC2CCCO2)nc2sc3c(c2c1=O)CCCCC3. The fraction of sp³-hybridized carbons (Fsp3) is 0.571. The molecule has 1 saturated heterocycles. The van der Waals surface area contributed by atoms with Gasteiger partial charge in [-0.1, -0.05) is 24.3 Å². The number of thioether (sulfide) groups is 1. The number of aromatic nitrogens is 2. The minimum Gasteiger partial charge on any atom is -0.376 e. The summed E-state index contributed by atoms with van der Waals surface area (Å²) < 4.78 is 7.20. The molecular formula is C21H27N3O3S2. The van der Waals surface area contributed by atoms with E-state index in [-0.39, 0.29) is 23.3 Å². The highest BCUT2D eigenvalue weighted by atomic mass is 32.2. The number of nitrogens with one attached hydrogen (secondary N) is 1. The van der Waals surface area contributed by atoms with E-state index in [1.807, 2.05) is 0 Å². The number of ether oxygens (including phenoxy) is 1. The van der Waals surface area contributed by atoms with Crippen molar-refractivity contribution in [1.82, 2.24) is 14.9 Å². The second-order valence-electron chi connectivity index (χ2n) is 7.57. The summed E-state index contributed by atoms with van der Waals surface area (Å²) >= 11 is 2.96. The third-order valence-electron chi connectivity index (χ3n) is 5.48. The highest BCUT2D eigenvalue weighted by molar-refractivity contribution is 7.99. The Morgan fingerprint density at radius 2 is 2.21 bits per heavy atom. The molecule has 156 valence electrons. The quantitative estimate of drug-likeness (QED) is 0.314. The minimum atomic E-state index is -0.0630. The second-order valence-corrected chi connectivity index (χ2v) is 9.60. The Labute approximate surface area is 178 Å². The molecule has 3 heterocycles. The Kier molecular flexibility index (Phi) is 6.72. The summed E-state index contributed by atoms with van der Waals surface area (Å²) in [5.74, 6) is 0.166. The number of hydrogen-bond acceptors (Lipinski definition) is 6. The van der Waals surface area contributed by atoms with Crippen molar-refractivity contribution in [2.45, 2.75) is 62.8 Å².